The topological polar surface area (TPSA) is 72.5 Å². The van der Waals surface area contributed by atoms with E-state index in [2.05, 4.69) is 0 Å². The average molecular weight is 254 g/mol. The highest BCUT2D eigenvalue weighted by molar-refractivity contribution is 5.85. The molecule has 0 aliphatic rings. The van der Waals surface area contributed by atoms with Gasteiger partial charge in [-0.05, 0) is 12.1 Å². The first-order chi connectivity index (χ1) is 7.00. The van der Waals surface area contributed by atoms with E-state index in [1.54, 1.807) is 0 Å². The Kier molecular flexibility index (Phi) is 5.69. The molecule has 7 heteroatoms. The van der Waals surface area contributed by atoms with Gasteiger partial charge in [0.1, 0.15) is 18.5 Å². The van der Waals surface area contributed by atoms with Crippen LogP contribution in [0, 0.1) is 11.6 Å². The van der Waals surface area contributed by atoms with E-state index in [4.69, 9.17) is 15.6 Å². The van der Waals surface area contributed by atoms with Crippen LogP contribution in [-0.4, -0.2) is 23.7 Å². The summed E-state index contributed by atoms with van der Waals surface area (Å²) in [5.41, 5.74) is 5.12. The summed E-state index contributed by atoms with van der Waals surface area (Å²) in [6, 6.07) is 1.47. The number of hydrogen-bond acceptors (Lipinski definition) is 3. The van der Waals surface area contributed by atoms with Gasteiger partial charge >= 0.3 is 5.97 Å². The van der Waals surface area contributed by atoms with Crippen LogP contribution in [0.2, 0.25) is 0 Å². The molecule has 0 saturated carbocycles. The zero-order valence-corrected chi connectivity index (χ0v) is 8.84. The molecule has 4 nitrogen and oxygen atoms in total. The Bertz CT molecular complexity index is 376. The van der Waals surface area contributed by atoms with Gasteiger partial charge in [-0.1, -0.05) is 0 Å². The molecule has 3 N–H and O–H groups in total. The van der Waals surface area contributed by atoms with Crippen molar-refractivity contribution >= 4 is 18.4 Å². The van der Waals surface area contributed by atoms with Crippen molar-refractivity contribution in [3.05, 3.63) is 29.8 Å². The highest BCUT2D eigenvalue weighted by atomic mass is 35.5. The van der Waals surface area contributed by atoms with Crippen LogP contribution in [0.15, 0.2) is 18.2 Å². The van der Waals surface area contributed by atoms with Crippen LogP contribution in [0.5, 0.6) is 5.75 Å². The summed E-state index contributed by atoms with van der Waals surface area (Å²) in [7, 11) is 0. The summed E-state index contributed by atoms with van der Waals surface area (Å²) in [4.78, 5) is 10.3. The van der Waals surface area contributed by atoms with Crippen LogP contribution in [0.4, 0.5) is 8.78 Å². The highest BCUT2D eigenvalue weighted by Gasteiger charge is 2.13. The monoisotopic (exact) mass is 253 g/mol. The molecule has 0 bridgehead atoms. The number of halogens is 3. The summed E-state index contributed by atoms with van der Waals surface area (Å²) in [6.45, 7) is -0.377. The normalized spacial score (nSPS) is 11.4. The van der Waals surface area contributed by atoms with E-state index in [1.165, 1.54) is 0 Å². The number of benzene rings is 1. The first-order valence-electron chi connectivity index (χ1n) is 4.07. The molecule has 0 saturated heterocycles. The summed E-state index contributed by atoms with van der Waals surface area (Å²) < 4.78 is 30.2. The number of ether oxygens (including phenoxy) is 1. The predicted octanol–water partition coefficient (Wildman–Crippen LogP) is 1.18. The van der Waals surface area contributed by atoms with Gasteiger partial charge in [0.2, 0.25) is 0 Å². The third kappa shape index (κ3) is 4.00. The second-order valence-corrected chi connectivity index (χ2v) is 2.83. The van der Waals surface area contributed by atoms with E-state index in [0.717, 1.165) is 12.1 Å². The zero-order valence-electron chi connectivity index (χ0n) is 8.02. The van der Waals surface area contributed by atoms with Crippen LogP contribution >= 0.6 is 12.4 Å². The Balaban J connectivity index is 0.00000225. The van der Waals surface area contributed by atoms with Gasteiger partial charge in [0, 0.05) is 6.07 Å². The molecule has 0 radical (unpaired) electrons. The quantitative estimate of drug-likeness (QED) is 0.845. The fraction of sp³-hybridized carbons (Fsp3) is 0.222. The fourth-order valence-electron chi connectivity index (χ4n) is 0.843. The minimum absolute atomic E-state index is 0. The standard InChI is InChI=1S/C9H9F2NO3.ClH/c10-5-1-2-8(6(11)3-5)15-4-7(12)9(13)14;/h1-3,7H,4,12H2,(H,13,14);1H/t7-;/m0./s1. The number of aliphatic carboxylic acids is 1. The summed E-state index contributed by atoms with van der Waals surface area (Å²) in [5, 5.41) is 8.41. The van der Waals surface area contributed by atoms with Crippen molar-refractivity contribution in [2.75, 3.05) is 6.61 Å². The highest BCUT2D eigenvalue weighted by Crippen LogP contribution is 2.17. The first kappa shape index (κ1) is 14.6. The molecular formula is C9H10ClF2NO3. The second kappa shape index (κ2) is 6.24. The van der Waals surface area contributed by atoms with Crippen molar-refractivity contribution in [3.63, 3.8) is 0 Å². The number of nitrogens with two attached hydrogens (primary N) is 1. The van der Waals surface area contributed by atoms with Gasteiger partial charge in [-0.3, -0.25) is 4.79 Å². The lowest BCUT2D eigenvalue weighted by Crippen LogP contribution is -2.36. The van der Waals surface area contributed by atoms with Crippen molar-refractivity contribution in [1.82, 2.24) is 0 Å². The Morgan fingerprint density at radius 1 is 1.50 bits per heavy atom. The molecule has 0 fully saturated rings. The van der Waals surface area contributed by atoms with E-state index in [-0.39, 0.29) is 24.8 Å². The summed E-state index contributed by atoms with van der Waals surface area (Å²) in [5.74, 6) is -3.11. The lowest BCUT2D eigenvalue weighted by molar-refractivity contribution is -0.139. The number of carboxylic acids is 1. The lowest BCUT2D eigenvalue weighted by Gasteiger charge is -2.09. The predicted molar refractivity (Wildman–Crippen MR) is 54.7 cm³/mol. The van der Waals surface area contributed by atoms with E-state index >= 15 is 0 Å². The third-order valence-corrected chi connectivity index (χ3v) is 1.63. The molecule has 0 heterocycles. The van der Waals surface area contributed by atoms with Crippen LogP contribution < -0.4 is 10.5 Å². The van der Waals surface area contributed by atoms with Gasteiger partial charge in [-0.25, -0.2) is 8.78 Å². The maximum Gasteiger partial charge on any atom is 0.324 e. The van der Waals surface area contributed by atoms with Crippen LogP contribution in [0.3, 0.4) is 0 Å². The summed E-state index contributed by atoms with van der Waals surface area (Å²) >= 11 is 0. The zero-order chi connectivity index (χ0) is 11.4. The van der Waals surface area contributed by atoms with Gasteiger partial charge in [0.05, 0.1) is 0 Å². The third-order valence-electron chi connectivity index (χ3n) is 1.63. The Hall–Kier alpha value is -1.40. The van der Waals surface area contributed by atoms with Gasteiger partial charge in [-0.15, -0.1) is 12.4 Å². The van der Waals surface area contributed by atoms with Gasteiger partial charge in [0.15, 0.2) is 11.6 Å². The SMILES string of the molecule is Cl.N[C@@H](COc1ccc(F)cc1F)C(=O)O. The van der Waals surface area contributed by atoms with Crippen molar-refractivity contribution in [2.45, 2.75) is 6.04 Å². The fourth-order valence-corrected chi connectivity index (χ4v) is 0.843. The van der Waals surface area contributed by atoms with Gasteiger partial charge in [-0.2, -0.15) is 0 Å². The molecule has 0 unspecified atom stereocenters. The van der Waals surface area contributed by atoms with Crippen molar-refractivity contribution in [3.8, 4) is 5.75 Å². The number of carboxylic acid groups (broad SMARTS) is 1. The smallest absolute Gasteiger partial charge is 0.324 e. The van der Waals surface area contributed by atoms with E-state index in [0.29, 0.717) is 6.07 Å². The van der Waals surface area contributed by atoms with Crippen molar-refractivity contribution < 1.29 is 23.4 Å². The van der Waals surface area contributed by atoms with Crippen LogP contribution in [0.25, 0.3) is 0 Å². The van der Waals surface area contributed by atoms with Gasteiger partial charge < -0.3 is 15.6 Å². The largest absolute Gasteiger partial charge is 0.488 e. The molecule has 0 aliphatic heterocycles. The number of rotatable bonds is 4. The number of carbonyl (C=O) groups is 1. The first-order valence-corrected chi connectivity index (χ1v) is 4.07. The Labute approximate surface area is 96.4 Å². The minimum atomic E-state index is -1.25. The van der Waals surface area contributed by atoms with Crippen LogP contribution in [-0.2, 0) is 4.79 Å². The molecule has 1 aromatic carbocycles. The Morgan fingerprint density at radius 2 is 2.12 bits per heavy atom. The van der Waals surface area contributed by atoms with Crippen molar-refractivity contribution in [1.29, 1.82) is 0 Å². The van der Waals surface area contributed by atoms with Crippen molar-refractivity contribution in [2.24, 2.45) is 5.73 Å². The molecule has 0 amide bonds. The Morgan fingerprint density at radius 3 is 2.62 bits per heavy atom. The van der Waals surface area contributed by atoms with E-state index in [9.17, 15) is 13.6 Å². The molecule has 90 valence electrons. The van der Waals surface area contributed by atoms with Crippen LogP contribution in [0.1, 0.15) is 0 Å². The molecule has 0 spiro atoms. The molecule has 0 aliphatic carbocycles. The molecule has 0 aromatic heterocycles. The van der Waals surface area contributed by atoms with E-state index in [1.807, 2.05) is 0 Å². The minimum Gasteiger partial charge on any atom is -0.488 e. The molecule has 1 rings (SSSR count). The molecule has 16 heavy (non-hydrogen) atoms. The average Bonchev–Trinajstić information content (AvgIpc) is 2.15. The van der Waals surface area contributed by atoms with E-state index < -0.39 is 23.6 Å². The maximum atomic E-state index is 12.9. The molecule has 1 aromatic rings. The summed E-state index contributed by atoms with van der Waals surface area (Å²) in [6.07, 6.45) is 0. The molecule has 1 atom stereocenters. The second-order valence-electron chi connectivity index (χ2n) is 2.83. The molecular weight excluding hydrogens is 244 g/mol. The van der Waals surface area contributed by atoms with Gasteiger partial charge in [0.25, 0.3) is 0 Å². The maximum absolute atomic E-state index is 12.9. The number of hydrogen-bond donors (Lipinski definition) is 2. The lowest BCUT2D eigenvalue weighted by atomic mass is 10.3.